The standard InChI is InChI=1S/C27H36FN3O5S/c1-18-14-31(19(2)17-32)27(33)13-21-12-23(29-37(34,35)24-9-6-22(28)7-10-24)8-11-25(21)36-26(18)16-30(3)15-20-4-5-20/h6-12,18-20,26,29,32H,4-5,13-17H2,1-3H3/t18-,19+,26+/m1/s1. The molecule has 2 N–H and O–H groups in total. The first-order chi connectivity index (χ1) is 17.6. The molecule has 1 aliphatic heterocycles. The van der Waals surface area contributed by atoms with Crippen LogP contribution in [0.1, 0.15) is 32.3 Å². The average Bonchev–Trinajstić information content (AvgIpc) is 3.65. The summed E-state index contributed by atoms with van der Waals surface area (Å²) in [5, 5.41) is 9.80. The van der Waals surface area contributed by atoms with E-state index in [-0.39, 0.29) is 47.6 Å². The lowest BCUT2D eigenvalue weighted by Crippen LogP contribution is -2.47. The number of carbonyl (C=O) groups excluding carboxylic acids is 1. The number of fused-ring (bicyclic) bond motifs is 1. The Morgan fingerprint density at radius 1 is 1.19 bits per heavy atom. The van der Waals surface area contributed by atoms with E-state index in [4.69, 9.17) is 4.74 Å². The summed E-state index contributed by atoms with van der Waals surface area (Å²) in [6.07, 6.45) is 2.30. The van der Waals surface area contributed by atoms with Crippen molar-refractivity contribution in [1.82, 2.24) is 9.80 Å². The van der Waals surface area contributed by atoms with Gasteiger partial charge in [0.1, 0.15) is 17.7 Å². The van der Waals surface area contributed by atoms with Crippen LogP contribution in [0.25, 0.3) is 0 Å². The Hall–Kier alpha value is -2.69. The SMILES string of the molecule is C[C@@H]1CN([C@@H](C)CO)C(=O)Cc2cc(NS(=O)(=O)c3ccc(F)cc3)ccc2O[C@H]1CN(C)CC1CC1. The lowest BCUT2D eigenvalue weighted by atomic mass is 10.0. The predicted molar refractivity (Wildman–Crippen MR) is 139 cm³/mol. The number of aliphatic hydroxyl groups excluding tert-OH is 1. The van der Waals surface area contributed by atoms with E-state index in [1.807, 2.05) is 6.92 Å². The van der Waals surface area contributed by atoms with E-state index in [0.717, 1.165) is 24.6 Å². The second-order valence-corrected chi connectivity index (χ2v) is 12.1. The van der Waals surface area contributed by atoms with Gasteiger partial charge < -0.3 is 19.6 Å². The van der Waals surface area contributed by atoms with Gasteiger partial charge in [-0.3, -0.25) is 9.52 Å². The number of sulfonamides is 1. The molecule has 1 amide bonds. The number of carbonyl (C=O) groups is 1. The van der Waals surface area contributed by atoms with Crippen molar-refractivity contribution in [2.75, 3.05) is 38.0 Å². The second-order valence-electron chi connectivity index (χ2n) is 10.4. The number of benzene rings is 2. The molecule has 202 valence electrons. The maximum absolute atomic E-state index is 13.3. The fraction of sp³-hybridized carbons (Fsp3) is 0.519. The van der Waals surface area contributed by atoms with Gasteiger partial charge >= 0.3 is 0 Å². The number of nitrogens with zero attached hydrogens (tertiary/aromatic N) is 2. The number of hydrogen-bond acceptors (Lipinski definition) is 6. The van der Waals surface area contributed by atoms with Gasteiger partial charge in [-0.15, -0.1) is 0 Å². The zero-order valence-corrected chi connectivity index (χ0v) is 22.4. The topological polar surface area (TPSA) is 99.2 Å². The number of rotatable bonds is 9. The molecular formula is C27H36FN3O5S. The minimum absolute atomic E-state index is 0.00204. The minimum atomic E-state index is -3.96. The van der Waals surface area contributed by atoms with Gasteiger partial charge in [0.05, 0.1) is 24.0 Å². The molecule has 1 heterocycles. The Balaban J connectivity index is 1.63. The third kappa shape index (κ3) is 7.00. The highest BCUT2D eigenvalue weighted by molar-refractivity contribution is 7.92. The van der Waals surface area contributed by atoms with E-state index in [1.165, 1.54) is 25.0 Å². The molecule has 4 rings (SSSR count). The van der Waals surface area contributed by atoms with Crippen LogP contribution in [0, 0.1) is 17.7 Å². The highest BCUT2D eigenvalue weighted by Crippen LogP contribution is 2.32. The van der Waals surface area contributed by atoms with E-state index in [0.29, 0.717) is 24.4 Å². The number of aliphatic hydroxyl groups is 1. The lowest BCUT2D eigenvalue weighted by Gasteiger charge is -2.34. The quantitative estimate of drug-likeness (QED) is 0.514. The van der Waals surface area contributed by atoms with Crippen LogP contribution >= 0.6 is 0 Å². The molecule has 37 heavy (non-hydrogen) atoms. The molecule has 2 aromatic carbocycles. The Morgan fingerprint density at radius 3 is 2.54 bits per heavy atom. The number of amides is 1. The van der Waals surface area contributed by atoms with E-state index in [1.54, 1.807) is 23.1 Å². The van der Waals surface area contributed by atoms with Crippen LogP contribution in [-0.2, 0) is 21.2 Å². The summed E-state index contributed by atoms with van der Waals surface area (Å²) in [6.45, 7) is 5.84. The van der Waals surface area contributed by atoms with Crippen LogP contribution in [0.15, 0.2) is 47.4 Å². The molecular weight excluding hydrogens is 497 g/mol. The first-order valence-electron chi connectivity index (χ1n) is 12.7. The molecule has 2 aliphatic rings. The highest BCUT2D eigenvalue weighted by Gasteiger charge is 2.32. The Morgan fingerprint density at radius 2 is 1.89 bits per heavy atom. The van der Waals surface area contributed by atoms with Crippen LogP contribution in [0.2, 0.25) is 0 Å². The van der Waals surface area contributed by atoms with Crippen LogP contribution in [0.4, 0.5) is 10.1 Å². The molecule has 0 spiro atoms. The number of anilines is 1. The molecule has 0 saturated heterocycles. The van der Waals surface area contributed by atoms with E-state index < -0.39 is 15.8 Å². The van der Waals surface area contributed by atoms with Crippen molar-refractivity contribution >= 4 is 21.6 Å². The molecule has 0 unspecified atom stereocenters. The summed E-state index contributed by atoms with van der Waals surface area (Å²) in [4.78, 5) is 17.2. The van der Waals surface area contributed by atoms with Crippen molar-refractivity contribution in [3.8, 4) is 5.75 Å². The maximum atomic E-state index is 13.3. The predicted octanol–water partition coefficient (Wildman–Crippen LogP) is 3.12. The molecule has 3 atom stereocenters. The summed E-state index contributed by atoms with van der Waals surface area (Å²) in [6, 6.07) is 9.11. The monoisotopic (exact) mass is 533 g/mol. The third-order valence-corrected chi connectivity index (χ3v) is 8.45. The first-order valence-corrected chi connectivity index (χ1v) is 14.2. The Kier molecular flexibility index (Phi) is 8.40. The molecule has 0 bridgehead atoms. The van der Waals surface area contributed by atoms with Crippen LogP contribution in [0.5, 0.6) is 5.75 Å². The Labute approximate surface area is 218 Å². The average molecular weight is 534 g/mol. The van der Waals surface area contributed by atoms with Gasteiger partial charge in [-0.1, -0.05) is 6.92 Å². The molecule has 1 saturated carbocycles. The van der Waals surface area contributed by atoms with Crippen molar-refractivity contribution in [2.45, 2.75) is 50.2 Å². The summed E-state index contributed by atoms with van der Waals surface area (Å²) >= 11 is 0. The maximum Gasteiger partial charge on any atom is 0.261 e. The van der Waals surface area contributed by atoms with Crippen molar-refractivity contribution in [3.63, 3.8) is 0 Å². The van der Waals surface area contributed by atoms with Gasteiger partial charge in [-0.25, -0.2) is 12.8 Å². The van der Waals surface area contributed by atoms with Gasteiger partial charge in [-0.05, 0) is 75.2 Å². The molecule has 0 aromatic heterocycles. The number of ether oxygens (including phenoxy) is 1. The number of halogens is 1. The lowest BCUT2D eigenvalue weighted by molar-refractivity contribution is -0.134. The van der Waals surface area contributed by atoms with E-state index >= 15 is 0 Å². The molecule has 8 nitrogen and oxygen atoms in total. The van der Waals surface area contributed by atoms with Crippen LogP contribution < -0.4 is 9.46 Å². The van der Waals surface area contributed by atoms with Gasteiger partial charge in [0.2, 0.25) is 5.91 Å². The summed E-state index contributed by atoms with van der Waals surface area (Å²) in [5.41, 5.74) is 0.833. The zero-order chi connectivity index (χ0) is 26.7. The number of likely N-dealkylation sites (N-methyl/N-ethyl adjacent to an activating group) is 1. The fourth-order valence-electron chi connectivity index (χ4n) is 4.66. The summed E-state index contributed by atoms with van der Waals surface area (Å²) in [5.74, 6) is 0.576. The van der Waals surface area contributed by atoms with Gasteiger partial charge in [-0.2, -0.15) is 0 Å². The fourth-order valence-corrected chi connectivity index (χ4v) is 5.71. The van der Waals surface area contributed by atoms with Crippen LogP contribution in [-0.4, -0.2) is 74.7 Å². The van der Waals surface area contributed by atoms with Crippen molar-refractivity contribution in [3.05, 3.63) is 53.8 Å². The third-order valence-electron chi connectivity index (χ3n) is 7.05. The van der Waals surface area contributed by atoms with Crippen molar-refractivity contribution < 1.29 is 27.4 Å². The van der Waals surface area contributed by atoms with Gasteiger partial charge in [0.15, 0.2) is 0 Å². The normalized spacial score (nSPS) is 21.5. The molecule has 2 aromatic rings. The van der Waals surface area contributed by atoms with E-state index in [9.17, 15) is 22.7 Å². The summed E-state index contributed by atoms with van der Waals surface area (Å²) < 4.78 is 48.0. The second kappa shape index (κ2) is 11.4. The molecule has 10 heteroatoms. The van der Waals surface area contributed by atoms with Gasteiger partial charge in [0, 0.05) is 36.8 Å². The van der Waals surface area contributed by atoms with Crippen molar-refractivity contribution in [2.24, 2.45) is 11.8 Å². The number of nitrogens with one attached hydrogen (secondary N) is 1. The zero-order valence-electron chi connectivity index (χ0n) is 21.6. The molecule has 1 aliphatic carbocycles. The Bertz CT molecular complexity index is 1200. The van der Waals surface area contributed by atoms with E-state index in [2.05, 4.69) is 23.6 Å². The first kappa shape index (κ1) is 27.3. The largest absolute Gasteiger partial charge is 0.488 e. The van der Waals surface area contributed by atoms with Gasteiger partial charge in [0.25, 0.3) is 10.0 Å². The number of hydrogen-bond donors (Lipinski definition) is 2. The molecule has 0 radical (unpaired) electrons. The highest BCUT2D eigenvalue weighted by atomic mass is 32.2. The van der Waals surface area contributed by atoms with Crippen LogP contribution in [0.3, 0.4) is 0 Å². The smallest absolute Gasteiger partial charge is 0.261 e. The van der Waals surface area contributed by atoms with Crippen molar-refractivity contribution in [1.29, 1.82) is 0 Å². The molecule has 1 fully saturated rings. The minimum Gasteiger partial charge on any atom is -0.488 e. The summed E-state index contributed by atoms with van der Waals surface area (Å²) in [7, 11) is -1.88.